The molecule has 2 heterocycles. The maximum absolute atomic E-state index is 12.8. The summed E-state index contributed by atoms with van der Waals surface area (Å²) in [6.45, 7) is 6.22. The molecule has 0 fully saturated rings. The molecule has 0 amide bonds. The van der Waals surface area contributed by atoms with Crippen LogP contribution in [0.25, 0.3) is 11.1 Å². The highest BCUT2D eigenvalue weighted by Crippen LogP contribution is 2.33. The number of aromatic nitrogens is 1. The molecule has 0 bridgehead atoms. The molecule has 6 heteroatoms. The Labute approximate surface area is 170 Å². The van der Waals surface area contributed by atoms with Gasteiger partial charge in [0.15, 0.2) is 11.4 Å². The molecule has 6 nitrogen and oxygen atoms in total. The lowest BCUT2D eigenvalue weighted by molar-refractivity contribution is -0.117. The topological polar surface area (TPSA) is 79.5 Å². The fourth-order valence-corrected chi connectivity index (χ4v) is 3.80. The van der Waals surface area contributed by atoms with Gasteiger partial charge in [0.25, 0.3) is 0 Å². The number of hydrogen-bond acceptors (Lipinski definition) is 6. The second-order valence-corrected chi connectivity index (χ2v) is 7.69. The molecule has 2 atom stereocenters. The van der Waals surface area contributed by atoms with E-state index < -0.39 is 0 Å². The van der Waals surface area contributed by atoms with Crippen LogP contribution >= 0.6 is 0 Å². The minimum atomic E-state index is -0.306. The summed E-state index contributed by atoms with van der Waals surface area (Å²) in [4.78, 5) is 22.1. The molecule has 0 saturated heterocycles. The Bertz CT molecular complexity index is 1020. The zero-order valence-corrected chi connectivity index (χ0v) is 17.0. The smallest absolute Gasteiger partial charge is 0.302 e. The van der Waals surface area contributed by atoms with Gasteiger partial charge in [0.1, 0.15) is 11.6 Å². The molecule has 0 radical (unpaired) electrons. The van der Waals surface area contributed by atoms with E-state index in [1.165, 1.54) is 0 Å². The van der Waals surface area contributed by atoms with Crippen LogP contribution in [0.2, 0.25) is 0 Å². The van der Waals surface area contributed by atoms with Gasteiger partial charge in [0.05, 0.1) is 0 Å². The van der Waals surface area contributed by atoms with E-state index in [0.29, 0.717) is 29.9 Å². The lowest BCUT2D eigenvalue weighted by Gasteiger charge is -2.32. The molecular formula is C23H26N4O2. The number of rotatable bonds is 4. The lowest BCUT2D eigenvalue weighted by Crippen LogP contribution is -2.42. The maximum atomic E-state index is 12.8. The summed E-state index contributed by atoms with van der Waals surface area (Å²) < 4.78 is 5.77. The standard InChI is InChI=1S/C23H26N4O2/c1-4-5-6-9-15(3)21-20-17(12-14(2)13-18(20)28)24-22(26-21)27-23-25-16-10-7-8-11-19(16)29-23/h5-11,14,21H,4,12-13H2,1-3H3,(H2,24,25,26,27)/b6-5-,15-9+. The number of anilines is 1. The fraction of sp³-hybridized carbons (Fsp3) is 0.348. The van der Waals surface area contributed by atoms with Gasteiger partial charge in [-0.05, 0) is 43.4 Å². The van der Waals surface area contributed by atoms with Crippen LogP contribution in [-0.2, 0) is 4.79 Å². The Morgan fingerprint density at radius 2 is 2.17 bits per heavy atom. The summed E-state index contributed by atoms with van der Waals surface area (Å²) in [5.41, 5.74) is 4.25. The van der Waals surface area contributed by atoms with E-state index in [4.69, 9.17) is 9.41 Å². The lowest BCUT2D eigenvalue weighted by atomic mass is 9.81. The SMILES string of the molecule is CC/C=C\C=C(/C)C1N=C(Nc2nc3ccccc3o2)NC2=C1C(=O)CC(C)C2. The Morgan fingerprint density at radius 1 is 1.34 bits per heavy atom. The molecule has 0 saturated carbocycles. The van der Waals surface area contributed by atoms with Crippen molar-refractivity contribution in [1.82, 2.24) is 10.3 Å². The molecule has 0 spiro atoms. The summed E-state index contributed by atoms with van der Waals surface area (Å²) in [7, 11) is 0. The Hall–Kier alpha value is -3.15. The molecule has 1 aromatic carbocycles. The number of nitrogens with zero attached hydrogens (tertiary/aromatic N) is 2. The van der Waals surface area contributed by atoms with Crippen molar-refractivity contribution in [2.24, 2.45) is 10.9 Å². The van der Waals surface area contributed by atoms with Gasteiger partial charge < -0.3 is 9.73 Å². The van der Waals surface area contributed by atoms with Crippen LogP contribution in [0.3, 0.4) is 0 Å². The van der Waals surface area contributed by atoms with Crippen molar-refractivity contribution in [3.8, 4) is 0 Å². The predicted molar refractivity (Wildman–Crippen MR) is 116 cm³/mol. The van der Waals surface area contributed by atoms with E-state index in [-0.39, 0.29) is 11.8 Å². The quantitative estimate of drug-likeness (QED) is 0.738. The van der Waals surface area contributed by atoms with Gasteiger partial charge in [0, 0.05) is 17.7 Å². The van der Waals surface area contributed by atoms with Gasteiger partial charge in [-0.25, -0.2) is 4.99 Å². The monoisotopic (exact) mass is 390 g/mol. The second-order valence-electron chi connectivity index (χ2n) is 7.69. The number of aliphatic imine (C=N–C) groups is 1. The van der Waals surface area contributed by atoms with Crippen LogP contribution in [0.15, 0.2) is 68.7 Å². The van der Waals surface area contributed by atoms with E-state index in [1.54, 1.807) is 0 Å². The Balaban J connectivity index is 1.67. The number of benzene rings is 1. The number of carbonyl (C=O) groups is 1. The van der Waals surface area contributed by atoms with Crippen molar-refractivity contribution in [3.05, 3.63) is 59.3 Å². The van der Waals surface area contributed by atoms with Gasteiger partial charge in [0.2, 0.25) is 5.96 Å². The zero-order valence-electron chi connectivity index (χ0n) is 17.0. The fourth-order valence-electron chi connectivity index (χ4n) is 3.80. The van der Waals surface area contributed by atoms with Crippen LogP contribution in [-0.4, -0.2) is 22.8 Å². The predicted octanol–water partition coefficient (Wildman–Crippen LogP) is 4.73. The zero-order chi connectivity index (χ0) is 20.4. The minimum absolute atomic E-state index is 0.174. The van der Waals surface area contributed by atoms with Crippen molar-refractivity contribution < 1.29 is 9.21 Å². The van der Waals surface area contributed by atoms with Gasteiger partial charge in [-0.3, -0.25) is 10.1 Å². The van der Waals surface area contributed by atoms with E-state index >= 15 is 0 Å². The number of fused-ring (bicyclic) bond motifs is 1. The van der Waals surface area contributed by atoms with Gasteiger partial charge in [-0.2, -0.15) is 4.98 Å². The van der Waals surface area contributed by atoms with E-state index in [1.807, 2.05) is 43.3 Å². The number of nitrogens with one attached hydrogen (secondary N) is 2. The summed E-state index contributed by atoms with van der Waals surface area (Å²) in [6.07, 6.45) is 8.51. The number of allylic oxidation sites excluding steroid dienone is 4. The molecule has 1 aliphatic carbocycles. The molecular weight excluding hydrogens is 364 g/mol. The molecule has 150 valence electrons. The van der Waals surface area contributed by atoms with Gasteiger partial charge in [-0.1, -0.05) is 44.2 Å². The van der Waals surface area contributed by atoms with E-state index in [2.05, 4.69) is 35.5 Å². The average Bonchev–Trinajstić information content (AvgIpc) is 3.09. The molecule has 2 aliphatic rings. The van der Waals surface area contributed by atoms with Crippen molar-refractivity contribution in [2.45, 2.75) is 46.1 Å². The Kier molecular flexibility index (Phi) is 5.34. The second kappa shape index (κ2) is 8.07. The summed E-state index contributed by atoms with van der Waals surface area (Å²) in [5.74, 6) is 1.03. The van der Waals surface area contributed by atoms with Crippen LogP contribution in [0.4, 0.5) is 6.01 Å². The minimum Gasteiger partial charge on any atom is -0.423 e. The van der Waals surface area contributed by atoms with E-state index in [0.717, 1.165) is 35.2 Å². The largest absolute Gasteiger partial charge is 0.423 e. The summed E-state index contributed by atoms with van der Waals surface area (Å²) in [6, 6.07) is 7.68. The molecule has 1 aromatic heterocycles. The first-order valence-corrected chi connectivity index (χ1v) is 10.1. The van der Waals surface area contributed by atoms with Gasteiger partial charge in [-0.15, -0.1) is 0 Å². The Morgan fingerprint density at radius 3 is 2.97 bits per heavy atom. The molecule has 2 aromatic rings. The third kappa shape index (κ3) is 4.01. The third-order valence-corrected chi connectivity index (χ3v) is 5.19. The summed E-state index contributed by atoms with van der Waals surface area (Å²) >= 11 is 0. The molecule has 29 heavy (non-hydrogen) atoms. The maximum Gasteiger partial charge on any atom is 0.302 e. The van der Waals surface area contributed by atoms with Gasteiger partial charge >= 0.3 is 6.01 Å². The highest BCUT2D eigenvalue weighted by atomic mass is 16.4. The van der Waals surface area contributed by atoms with E-state index in [9.17, 15) is 4.79 Å². The number of ketones is 1. The number of guanidine groups is 1. The number of oxazole rings is 1. The number of hydrogen-bond donors (Lipinski definition) is 2. The van der Waals surface area contributed by atoms with Crippen molar-refractivity contribution in [3.63, 3.8) is 0 Å². The van der Waals surface area contributed by atoms with Crippen LogP contribution in [0.5, 0.6) is 0 Å². The first-order valence-electron chi connectivity index (χ1n) is 10.1. The number of Topliss-reactive ketones (excluding diaryl/α,β-unsaturated/α-hetero) is 1. The normalized spacial score (nSPS) is 22.7. The highest BCUT2D eigenvalue weighted by molar-refractivity contribution is 6.03. The third-order valence-electron chi connectivity index (χ3n) is 5.19. The molecule has 2 unspecified atom stereocenters. The number of para-hydroxylation sites is 2. The van der Waals surface area contributed by atoms with Crippen molar-refractivity contribution >= 4 is 28.9 Å². The van der Waals surface area contributed by atoms with Crippen molar-refractivity contribution in [2.75, 3.05) is 5.32 Å². The molecule has 1 aliphatic heterocycles. The molecule has 2 N–H and O–H groups in total. The number of carbonyl (C=O) groups excluding carboxylic acids is 1. The van der Waals surface area contributed by atoms with Crippen LogP contribution < -0.4 is 10.6 Å². The molecule has 4 rings (SSSR count). The highest BCUT2D eigenvalue weighted by Gasteiger charge is 2.35. The first kappa shape index (κ1) is 19.2. The first-order chi connectivity index (χ1) is 14.0. The van der Waals surface area contributed by atoms with Crippen LogP contribution in [0.1, 0.15) is 40.0 Å². The van der Waals surface area contributed by atoms with Crippen LogP contribution in [0, 0.1) is 5.92 Å². The average molecular weight is 390 g/mol. The van der Waals surface area contributed by atoms with Crippen molar-refractivity contribution in [1.29, 1.82) is 0 Å². The summed E-state index contributed by atoms with van der Waals surface area (Å²) in [5, 5.41) is 6.47.